The molecule has 0 amide bonds. The summed E-state index contributed by atoms with van der Waals surface area (Å²) in [6.07, 6.45) is -2.90. The molecule has 7 heteroatoms. The molecule has 20 heavy (non-hydrogen) atoms. The minimum absolute atomic E-state index is 0.0936. The van der Waals surface area contributed by atoms with E-state index in [2.05, 4.69) is 20.9 Å². The molecule has 0 saturated heterocycles. The van der Waals surface area contributed by atoms with Crippen LogP contribution in [-0.4, -0.2) is 4.98 Å². The van der Waals surface area contributed by atoms with Gasteiger partial charge in [-0.3, -0.25) is 0 Å². The Morgan fingerprint density at radius 2 is 1.95 bits per heavy atom. The Hall–Kier alpha value is -1.76. The number of nitrogens with zero attached hydrogens (tertiary/aromatic N) is 1. The molecule has 0 spiro atoms. The predicted molar refractivity (Wildman–Crippen MR) is 72.6 cm³/mol. The van der Waals surface area contributed by atoms with Gasteiger partial charge in [-0.1, -0.05) is 0 Å². The van der Waals surface area contributed by atoms with E-state index in [4.69, 9.17) is 10.5 Å². The van der Waals surface area contributed by atoms with Crippen LogP contribution in [0, 0.1) is 6.92 Å². The van der Waals surface area contributed by atoms with E-state index in [1.807, 2.05) is 0 Å². The molecule has 0 aliphatic rings. The number of rotatable bonds is 2. The van der Waals surface area contributed by atoms with Crippen LogP contribution in [0.5, 0.6) is 11.6 Å². The van der Waals surface area contributed by atoms with Crippen molar-refractivity contribution in [2.45, 2.75) is 13.1 Å². The maximum absolute atomic E-state index is 12.5. The standard InChI is InChI=1S/C13H10BrF3N2O/c1-7-4-9(14)6-19-12(7)20-11-3-2-8(5-10(11)18)13(15,16)17/h2-6H,18H2,1H3. The predicted octanol–water partition coefficient (Wildman–Crippen LogP) is 4.55. The van der Waals surface area contributed by atoms with Crippen molar-refractivity contribution in [1.29, 1.82) is 0 Å². The first kappa shape index (κ1) is 14.6. The van der Waals surface area contributed by atoms with Gasteiger partial charge in [0, 0.05) is 16.2 Å². The number of hydrogen-bond acceptors (Lipinski definition) is 3. The SMILES string of the molecule is Cc1cc(Br)cnc1Oc1ccc(C(F)(F)F)cc1N. The second-order valence-electron chi connectivity index (χ2n) is 4.13. The molecule has 0 bridgehead atoms. The number of hydrogen-bond donors (Lipinski definition) is 1. The Balaban J connectivity index is 2.30. The summed E-state index contributed by atoms with van der Waals surface area (Å²) in [5, 5.41) is 0. The van der Waals surface area contributed by atoms with Crippen LogP contribution in [0.4, 0.5) is 18.9 Å². The maximum Gasteiger partial charge on any atom is 0.416 e. The van der Waals surface area contributed by atoms with Gasteiger partial charge in [-0.15, -0.1) is 0 Å². The summed E-state index contributed by atoms with van der Waals surface area (Å²) in [6, 6.07) is 4.72. The third-order valence-electron chi connectivity index (χ3n) is 2.54. The summed E-state index contributed by atoms with van der Waals surface area (Å²) < 4.78 is 43.8. The highest BCUT2D eigenvalue weighted by Gasteiger charge is 2.31. The van der Waals surface area contributed by atoms with Crippen LogP contribution in [0.15, 0.2) is 34.9 Å². The van der Waals surface area contributed by atoms with E-state index in [1.54, 1.807) is 13.0 Å². The summed E-state index contributed by atoms with van der Waals surface area (Å²) in [4.78, 5) is 4.04. The molecule has 0 saturated carbocycles. The normalized spacial score (nSPS) is 11.4. The summed E-state index contributed by atoms with van der Waals surface area (Å²) in [5.74, 6) is 0.426. The van der Waals surface area contributed by atoms with Crippen molar-refractivity contribution in [3.63, 3.8) is 0 Å². The average molecular weight is 347 g/mol. The molecule has 0 atom stereocenters. The van der Waals surface area contributed by atoms with Crippen molar-refractivity contribution >= 4 is 21.6 Å². The van der Waals surface area contributed by atoms with E-state index in [0.29, 0.717) is 5.88 Å². The quantitative estimate of drug-likeness (QED) is 0.811. The van der Waals surface area contributed by atoms with Gasteiger partial charge in [0.2, 0.25) is 5.88 Å². The number of anilines is 1. The Bertz CT molecular complexity index is 644. The number of halogens is 4. The highest BCUT2D eigenvalue weighted by atomic mass is 79.9. The molecule has 0 radical (unpaired) electrons. The number of ether oxygens (including phenoxy) is 1. The van der Waals surface area contributed by atoms with Crippen LogP contribution in [0.3, 0.4) is 0 Å². The number of pyridine rings is 1. The van der Waals surface area contributed by atoms with Crippen LogP contribution in [-0.2, 0) is 6.18 Å². The van der Waals surface area contributed by atoms with Crippen molar-refractivity contribution in [3.05, 3.63) is 46.1 Å². The fourth-order valence-corrected chi connectivity index (χ4v) is 2.00. The molecule has 1 heterocycles. The van der Waals surface area contributed by atoms with Crippen LogP contribution in [0.25, 0.3) is 0 Å². The molecule has 1 aromatic carbocycles. The Morgan fingerprint density at radius 1 is 1.25 bits per heavy atom. The molecule has 0 aliphatic heterocycles. The molecule has 106 valence electrons. The third-order valence-corrected chi connectivity index (χ3v) is 2.97. The topological polar surface area (TPSA) is 48.1 Å². The van der Waals surface area contributed by atoms with Gasteiger partial charge in [-0.05, 0) is 47.1 Å². The lowest BCUT2D eigenvalue weighted by Gasteiger charge is -2.12. The van der Waals surface area contributed by atoms with Gasteiger partial charge in [0.05, 0.1) is 11.3 Å². The highest BCUT2D eigenvalue weighted by Crippen LogP contribution is 2.35. The third kappa shape index (κ3) is 3.22. The lowest BCUT2D eigenvalue weighted by Crippen LogP contribution is -2.06. The van der Waals surface area contributed by atoms with Gasteiger partial charge >= 0.3 is 6.18 Å². The zero-order valence-electron chi connectivity index (χ0n) is 10.3. The van der Waals surface area contributed by atoms with Gasteiger partial charge in [-0.2, -0.15) is 13.2 Å². The molecule has 2 rings (SSSR count). The molecule has 0 unspecified atom stereocenters. The van der Waals surface area contributed by atoms with E-state index in [1.165, 1.54) is 12.3 Å². The molecular formula is C13H10BrF3N2O. The van der Waals surface area contributed by atoms with E-state index < -0.39 is 11.7 Å². The molecule has 1 aromatic heterocycles. The molecule has 0 fully saturated rings. The second-order valence-corrected chi connectivity index (χ2v) is 5.04. The largest absolute Gasteiger partial charge is 0.437 e. The minimum Gasteiger partial charge on any atom is -0.437 e. The van der Waals surface area contributed by atoms with Crippen molar-refractivity contribution in [1.82, 2.24) is 4.98 Å². The van der Waals surface area contributed by atoms with Crippen LogP contribution in [0.2, 0.25) is 0 Å². The van der Waals surface area contributed by atoms with E-state index in [-0.39, 0.29) is 11.4 Å². The Kier molecular flexibility index (Phi) is 3.89. The lowest BCUT2D eigenvalue weighted by atomic mass is 10.2. The fraction of sp³-hybridized carbons (Fsp3) is 0.154. The van der Waals surface area contributed by atoms with Crippen LogP contribution < -0.4 is 10.5 Å². The highest BCUT2D eigenvalue weighted by molar-refractivity contribution is 9.10. The Morgan fingerprint density at radius 3 is 2.50 bits per heavy atom. The molecular weight excluding hydrogens is 337 g/mol. The van der Waals surface area contributed by atoms with Gasteiger partial charge in [0.25, 0.3) is 0 Å². The molecule has 2 aromatic rings. The number of aryl methyl sites for hydroxylation is 1. The first-order chi connectivity index (χ1) is 9.27. The van der Waals surface area contributed by atoms with Gasteiger partial charge in [0.1, 0.15) is 0 Å². The van der Waals surface area contributed by atoms with E-state index in [0.717, 1.165) is 22.2 Å². The van der Waals surface area contributed by atoms with Crippen molar-refractivity contribution in [2.24, 2.45) is 0 Å². The van der Waals surface area contributed by atoms with E-state index >= 15 is 0 Å². The minimum atomic E-state index is -4.43. The zero-order chi connectivity index (χ0) is 14.9. The summed E-state index contributed by atoms with van der Waals surface area (Å²) >= 11 is 3.26. The first-order valence-electron chi connectivity index (χ1n) is 5.54. The average Bonchev–Trinajstić information content (AvgIpc) is 2.33. The van der Waals surface area contributed by atoms with Crippen LogP contribution >= 0.6 is 15.9 Å². The zero-order valence-corrected chi connectivity index (χ0v) is 11.9. The van der Waals surface area contributed by atoms with Crippen molar-refractivity contribution in [2.75, 3.05) is 5.73 Å². The van der Waals surface area contributed by atoms with Crippen LogP contribution in [0.1, 0.15) is 11.1 Å². The van der Waals surface area contributed by atoms with Crippen molar-refractivity contribution in [3.8, 4) is 11.6 Å². The monoisotopic (exact) mass is 346 g/mol. The first-order valence-corrected chi connectivity index (χ1v) is 6.33. The van der Waals surface area contributed by atoms with Crippen molar-refractivity contribution < 1.29 is 17.9 Å². The Labute approximate surface area is 121 Å². The molecule has 0 aliphatic carbocycles. The number of nitrogen functional groups attached to an aromatic ring is 1. The summed E-state index contributed by atoms with van der Waals surface area (Å²) in [6.45, 7) is 1.77. The van der Waals surface area contributed by atoms with Gasteiger partial charge in [0.15, 0.2) is 5.75 Å². The van der Waals surface area contributed by atoms with Gasteiger partial charge in [-0.25, -0.2) is 4.98 Å². The van der Waals surface area contributed by atoms with Gasteiger partial charge < -0.3 is 10.5 Å². The number of aromatic nitrogens is 1. The lowest BCUT2D eigenvalue weighted by molar-refractivity contribution is -0.137. The number of alkyl halides is 3. The fourth-order valence-electron chi connectivity index (χ4n) is 1.56. The second kappa shape index (κ2) is 5.32. The van der Waals surface area contributed by atoms with E-state index in [9.17, 15) is 13.2 Å². The summed E-state index contributed by atoms with van der Waals surface area (Å²) in [7, 11) is 0. The molecule has 2 N–H and O–H groups in total. The maximum atomic E-state index is 12.5. The smallest absolute Gasteiger partial charge is 0.416 e. The summed E-state index contributed by atoms with van der Waals surface area (Å²) in [5.41, 5.74) is 5.41. The number of nitrogens with two attached hydrogens (primary N) is 1. The molecule has 3 nitrogen and oxygen atoms in total. The number of benzene rings is 1.